The van der Waals surface area contributed by atoms with E-state index in [-0.39, 0.29) is 17.7 Å². The molecular formula is C18H23N7OS. The van der Waals surface area contributed by atoms with Gasteiger partial charge in [0, 0.05) is 12.1 Å². The van der Waals surface area contributed by atoms with Crippen molar-refractivity contribution in [1.29, 1.82) is 0 Å². The Kier molecular flexibility index (Phi) is 5.90. The van der Waals surface area contributed by atoms with E-state index < -0.39 is 0 Å². The van der Waals surface area contributed by atoms with Gasteiger partial charge in [-0.05, 0) is 47.9 Å². The monoisotopic (exact) mass is 385 g/mol. The van der Waals surface area contributed by atoms with Crippen molar-refractivity contribution < 1.29 is 4.79 Å². The van der Waals surface area contributed by atoms with Gasteiger partial charge in [-0.15, -0.1) is 5.10 Å². The molecule has 0 aliphatic heterocycles. The minimum absolute atomic E-state index is 0.132. The summed E-state index contributed by atoms with van der Waals surface area (Å²) >= 11 is 1.29. The SMILES string of the molecule is CC(C)c1ccc(-n2nnnc2SCC(=O)Nc2ccnn2C(C)C)cc1. The summed E-state index contributed by atoms with van der Waals surface area (Å²) in [4.78, 5) is 12.3. The number of nitrogens with one attached hydrogen (secondary N) is 1. The second-order valence-electron chi connectivity index (χ2n) is 6.71. The Morgan fingerprint density at radius 1 is 1.15 bits per heavy atom. The van der Waals surface area contributed by atoms with Crippen LogP contribution in [-0.2, 0) is 4.79 Å². The van der Waals surface area contributed by atoms with Gasteiger partial charge in [0.05, 0.1) is 17.6 Å². The second-order valence-corrected chi connectivity index (χ2v) is 7.65. The summed E-state index contributed by atoms with van der Waals surface area (Å²) in [5, 5.41) is 19.5. The molecule has 0 saturated heterocycles. The molecule has 0 saturated carbocycles. The number of thioether (sulfide) groups is 1. The smallest absolute Gasteiger partial charge is 0.235 e. The Labute approximate surface area is 162 Å². The highest BCUT2D eigenvalue weighted by atomic mass is 32.2. The number of hydrogen-bond acceptors (Lipinski definition) is 6. The maximum atomic E-state index is 12.3. The molecule has 8 nitrogen and oxygen atoms in total. The van der Waals surface area contributed by atoms with E-state index in [0.717, 1.165) is 5.69 Å². The molecule has 142 valence electrons. The van der Waals surface area contributed by atoms with Crippen LogP contribution < -0.4 is 5.32 Å². The van der Waals surface area contributed by atoms with E-state index in [0.29, 0.717) is 16.9 Å². The van der Waals surface area contributed by atoms with Gasteiger partial charge in [-0.25, -0.2) is 4.68 Å². The fraction of sp³-hybridized carbons (Fsp3) is 0.389. The van der Waals surface area contributed by atoms with Gasteiger partial charge in [0.25, 0.3) is 0 Å². The highest BCUT2D eigenvalue weighted by Gasteiger charge is 2.14. The third-order valence-corrected chi connectivity index (χ3v) is 4.92. The second kappa shape index (κ2) is 8.34. The molecule has 1 amide bonds. The van der Waals surface area contributed by atoms with Crippen molar-refractivity contribution in [2.45, 2.75) is 44.8 Å². The number of hydrogen-bond donors (Lipinski definition) is 1. The van der Waals surface area contributed by atoms with Gasteiger partial charge in [-0.3, -0.25) is 4.79 Å². The van der Waals surface area contributed by atoms with Crippen LogP contribution in [-0.4, -0.2) is 41.6 Å². The summed E-state index contributed by atoms with van der Waals surface area (Å²) in [5.74, 6) is 1.21. The average molecular weight is 385 g/mol. The molecule has 0 aliphatic rings. The third-order valence-electron chi connectivity index (χ3n) is 4.00. The van der Waals surface area contributed by atoms with Crippen molar-refractivity contribution >= 4 is 23.5 Å². The summed E-state index contributed by atoms with van der Waals surface area (Å²) < 4.78 is 3.41. The lowest BCUT2D eigenvalue weighted by Crippen LogP contribution is -2.18. The number of nitrogens with zero attached hydrogens (tertiary/aromatic N) is 6. The van der Waals surface area contributed by atoms with E-state index in [1.807, 2.05) is 26.0 Å². The van der Waals surface area contributed by atoms with Gasteiger partial charge in [0.15, 0.2) is 0 Å². The molecule has 3 aromatic rings. The molecule has 9 heteroatoms. The van der Waals surface area contributed by atoms with Gasteiger partial charge in [0.1, 0.15) is 5.82 Å². The Morgan fingerprint density at radius 3 is 2.56 bits per heavy atom. The lowest BCUT2D eigenvalue weighted by Gasteiger charge is -2.11. The van der Waals surface area contributed by atoms with Crippen molar-refractivity contribution in [2.75, 3.05) is 11.1 Å². The van der Waals surface area contributed by atoms with Crippen LogP contribution in [0.5, 0.6) is 0 Å². The number of rotatable bonds is 7. The Bertz CT molecular complexity index is 899. The predicted molar refractivity (Wildman–Crippen MR) is 105 cm³/mol. The van der Waals surface area contributed by atoms with E-state index in [1.54, 1.807) is 21.6 Å². The molecule has 27 heavy (non-hydrogen) atoms. The molecule has 2 aromatic heterocycles. The molecule has 0 atom stereocenters. The first kappa shape index (κ1) is 19.1. The minimum atomic E-state index is -0.132. The summed E-state index contributed by atoms with van der Waals surface area (Å²) in [6, 6.07) is 10.0. The molecule has 3 rings (SSSR count). The summed E-state index contributed by atoms with van der Waals surface area (Å²) in [6.45, 7) is 8.32. The van der Waals surface area contributed by atoms with Gasteiger partial charge < -0.3 is 5.32 Å². The zero-order valence-electron chi connectivity index (χ0n) is 15.8. The number of tetrazole rings is 1. The van der Waals surface area contributed by atoms with Crippen molar-refractivity contribution in [3.8, 4) is 5.69 Å². The van der Waals surface area contributed by atoms with Gasteiger partial charge in [0.2, 0.25) is 11.1 Å². The van der Waals surface area contributed by atoms with Crippen LogP contribution in [0.25, 0.3) is 5.69 Å². The maximum absolute atomic E-state index is 12.3. The normalized spacial score (nSPS) is 11.3. The van der Waals surface area contributed by atoms with E-state index in [4.69, 9.17) is 0 Å². The fourth-order valence-corrected chi connectivity index (χ4v) is 3.26. The molecule has 0 aliphatic carbocycles. The molecule has 0 spiro atoms. The van der Waals surface area contributed by atoms with Crippen molar-refractivity contribution in [2.24, 2.45) is 0 Å². The first-order valence-electron chi connectivity index (χ1n) is 8.80. The highest BCUT2D eigenvalue weighted by molar-refractivity contribution is 7.99. The third kappa shape index (κ3) is 4.54. The average Bonchev–Trinajstić information content (AvgIpc) is 3.29. The first-order valence-corrected chi connectivity index (χ1v) is 9.79. The fourth-order valence-electron chi connectivity index (χ4n) is 2.57. The molecular weight excluding hydrogens is 362 g/mol. The Morgan fingerprint density at radius 2 is 1.89 bits per heavy atom. The summed E-state index contributed by atoms with van der Waals surface area (Å²) in [6.07, 6.45) is 1.67. The van der Waals surface area contributed by atoms with Crippen LogP contribution in [0.3, 0.4) is 0 Å². The van der Waals surface area contributed by atoms with Crippen molar-refractivity contribution in [1.82, 2.24) is 30.0 Å². The van der Waals surface area contributed by atoms with Gasteiger partial charge in [-0.1, -0.05) is 37.7 Å². The quantitative estimate of drug-likeness (QED) is 0.628. The first-order chi connectivity index (χ1) is 13.0. The number of benzene rings is 1. The van der Waals surface area contributed by atoms with Crippen LogP contribution in [0.2, 0.25) is 0 Å². The molecule has 0 fully saturated rings. The van der Waals surface area contributed by atoms with Crippen LogP contribution >= 0.6 is 11.8 Å². The molecule has 0 bridgehead atoms. The largest absolute Gasteiger partial charge is 0.310 e. The lowest BCUT2D eigenvalue weighted by molar-refractivity contribution is -0.113. The minimum Gasteiger partial charge on any atom is -0.310 e. The van der Waals surface area contributed by atoms with Gasteiger partial charge >= 0.3 is 0 Å². The van der Waals surface area contributed by atoms with E-state index in [1.165, 1.54) is 17.3 Å². The topological polar surface area (TPSA) is 90.5 Å². The highest BCUT2D eigenvalue weighted by Crippen LogP contribution is 2.21. The van der Waals surface area contributed by atoms with Crippen LogP contribution in [0.4, 0.5) is 5.82 Å². The Balaban J connectivity index is 1.64. The lowest BCUT2D eigenvalue weighted by atomic mass is 10.0. The van der Waals surface area contributed by atoms with Crippen molar-refractivity contribution in [3.05, 3.63) is 42.1 Å². The van der Waals surface area contributed by atoms with E-state index in [9.17, 15) is 4.79 Å². The van der Waals surface area contributed by atoms with E-state index in [2.05, 4.69) is 51.9 Å². The van der Waals surface area contributed by atoms with Gasteiger partial charge in [-0.2, -0.15) is 9.78 Å². The summed E-state index contributed by atoms with van der Waals surface area (Å²) in [5.41, 5.74) is 2.12. The number of aromatic nitrogens is 6. The molecule has 1 aromatic carbocycles. The number of carbonyl (C=O) groups is 1. The van der Waals surface area contributed by atoms with Crippen LogP contribution in [0, 0.1) is 0 Å². The number of amides is 1. The molecule has 0 unspecified atom stereocenters. The molecule has 1 N–H and O–H groups in total. The van der Waals surface area contributed by atoms with Crippen LogP contribution in [0.15, 0.2) is 41.7 Å². The number of carbonyl (C=O) groups excluding carboxylic acids is 1. The summed E-state index contributed by atoms with van der Waals surface area (Å²) in [7, 11) is 0. The van der Waals surface area contributed by atoms with Crippen molar-refractivity contribution in [3.63, 3.8) is 0 Å². The molecule has 0 radical (unpaired) electrons. The number of anilines is 1. The maximum Gasteiger partial charge on any atom is 0.235 e. The zero-order valence-corrected chi connectivity index (χ0v) is 16.6. The molecule has 2 heterocycles. The Hall–Kier alpha value is -2.68. The van der Waals surface area contributed by atoms with Crippen LogP contribution in [0.1, 0.15) is 45.2 Å². The standard InChI is InChI=1S/C18H23N7OS/c1-12(2)14-5-7-15(8-6-14)25-18(21-22-23-25)27-11-17(26)20-16-9-10-19-24(16)13(3)4/h5-10,12-13H,11H2,1-4H3,(H,20,26). The van der Waals surface area contributed by atoms with E-state index >= 15 is 0 Å². The zero-order chi connectivity index (χ0) is 19.4. The predicted octanol–water partition coefficient (Wildman–Crippen LogP) is 3.29.